The van der Waals surface area contributed by atoms with Crippen molar-refractivity contribution in [2.45, 2.75) is 20.3 Å². The van der Waals surface area contributed by atoms with Gasteiger partial charge in [0, 0.05) is 45.8 Å². The van der Waals surface area contributed by atoms with Crippen LogP contribution in [0.1, 0.15) is 20.3 Å². The summed E-state index contributed by atoms with van der Waals surface area (Å²) in [6.45, 7) is 14.4. The van der Waals surface area contributed by atoms with E-state index in [-0.39, 0.29) is 0 Å². The minimum absolute atomic E-state index is 0.492. The molecule has 4 N–H and O–H groups in total. The van der Waals surface area contributed by atoms with E-state index in [9.17, 15) is 0 Å². The summed E-state index contributed by atoms with van der Waals surface area (Å²) < 4.78 is 10.7. The second kappa shape index (κ2) is 15.4. The molecule has 0 spiro atoms. The maximum atomic E-state index is 5.36. The zero-order valence-corrected chi connectivity index (χ0v) is 20.2. The fourth-order valence-corrected chi connectivity index (χ4v) is 3.29. The number of nitrogens with zero attached hydrogens (tertiary/aromatic N) is 4. The van der Waals surface area contributed by atoms with E-state index >= 15 is 0 Å². The summed E-state index contributed by atoms with van der Waals surface area (Å²) in [6.07, 6.45) is 1.02. The van der Waals surface area contributed by atoms with Crippen LogP contribution in [0, 0.1) is 0 Å². The summed E-state index contributed by atoms with van der Waals surface area (Å²) in [5.41, 5.74) is 7.16. The molecule has 2 saturated heterocycles. The second-order valence-corrected chi connectivity index (χ2v) is 8.21. The van der Waals surface area contributed by atoms with E-state index in [1.165, 1.54) is 0 Å². The maximum Gasteiger partial charge on any atom is 0.187 e. The van der Waals surface area contributed by atoms with Crippen molar-refractivity contribution in [2.24, 2.45) is 10.2 Å². The van der Waals surface area contributed by atoms with Gasteiger partial charge in [-0.05, 0) is 51.2 Å². The molecular weight excluding hydrogens is 436 g/mol. The van der Waals surface area contributed by atoms with Crippen molar-refractivity contribution in [2.75, 3.05) is 78.8 Å². The summed E-state index contributed by atoms with van der Waals surface area (Å²) >= 11 is 10.5. The Morgan fingerprint density at radius 1 is 0.742 bits per heavy atom. The molecule has 0 aliphatic carbocycles. The zero-order valence-electron chi connectivity index (χ0n) is 18.6. The van der Waals surface area contributed by atoms with Gasteiger partial charge in [0.15, 0.2) is 10.2 Å². The molecule has 0 aromatic heterocycles. The minimum atomic E-state index is 0.492. The number of thiocarbonyl (C=S) groups is 2. The molecule has 0 amide bonds. The van der Waals surface area contributed by atoms with E-state index in [4.69, 9.17) is 33.9 Å². The lowest BCUT2D eigenvalue weighted by atomic mass is 10.3. The smallest absolute Gasteiger partial charge is 0.187 e. The monoisotopic (exact) mass is 472 g/mol. The van der Waals surface area contributed by atoms with E-state index in [2.05, 4.69) is 41.5 Å². The van der Waals surface area contributed by atoms with Gasteiger partial charge in [0.1, 0.15) is 0 Å². The van der Waals surface area contributed by atoms with Crippen LogP contribution in [0.4, 0.5) is 0 Å². The first-order valence-electron chi connectivity index (χ1n) is 10.8. The van der Waals surface area contributed by atoms with Crippen LogP contribution in [0.3, 0.4) is 0 Å². The van der Waals surface area contributed by atoms with Gasteiger partial charge in [-0.15, -0.1) is 0 Å². The molecule has 31 heavy (non-hydrogen) atoms. The summed E-state index contributed by atoms with van der Waals surface area (Å²) in [6, 6.07) is 0. The van der Waals surface area contributed by atoms with Gasteiger partial charge in [-0.2, -0.15) is 10.2 Å². The van der Waals surface area contributed by atoms with Crippen LogP contribution in [0.2, 0.25) is 0 Å². The lowest BCUT2D eigenvalue weighted by molar-refractivity contribution is 0.0376. The maximum absolute atomic E-state index is 5.36. The largest absolute Gasteiger partial charge is 0.379 e. The number of hydrogen-bond acceptors (Lipinski definition) is 8. The standard InChI is InChI=1S/C19H36N8O2S2/c1-16(22-24-18(30)20-4-3-6-26-8-12-28-13-9-26)17(2)23-25-19(31)21-5-7-27-10-14-29-15-11-27/h3-15H2,1-2H3,(H2,20,24,30)(H2,21,25,31)/b22-16-,23-17-. The molecule has 0 unspecified atom stereocenters. The van der Waals surface area contributed by atoms with E-state index in [1.807, 2.05) is 13.8 Å². The van der Waals surface area contributed by atoms with Crippen LogP contribution in [-0.4, -0.2) is 110 Å². The van der Waals surface area contributed by atoms with E-state index in [0.717, 1.165) is 96.6 Å². The van der Waals surface area contributed by atoms with Gasteiger partial charge in [-0.1, -0.05) is 0 Å². The molecule has 0 aromatic carbocycles. The molecule has 0 aromatic rings. The molecule has 12 heteroatoms. The molecule has 2 aliphatic heterocycles. The number of morpholine rings is 2. The summed E-state index contributed by atoms with van der Waals surface area (Å²) in [5, 5.41) is 15.9. The quantitative estimate of drug-likeness (QED) is 0.147. The van der Waals surface area contributed by atoms with Gasteiger partial charge in [0.05, 0.1) is 37.9 Å². The zero-order chi connectivity index (χ0) is 22.3. The van der Waals surface area contributed by atoms with Crippen molar-refractivity contribution in [1.29, 1.82) is 0 Å². The van der Waals surface area contributed by atoms with Gasteiger partial charge in [-0.3, -0.25) is 20.7 Å². The normalized spacial score (nSPS) is 19.0. The van der Waals surface area contributed by atoms with Crippen molar-refractivity contribution < 1.29 is 9.47 Å². The summed E-state index contributed by atoms with van der Waals surface area (Å²) in [5.74, 6) is 0. The summed E-state index contributed by atoms with van der Waals surface area (Å²) in [7, 11) is 0. The van der Waals surface area contributed by atoms with E-state index in [0.29, 0.717) is 10.2 Å². The third kappa shape index (κ3) is 11.7. The SMILES string of the molecule is CC(=N/NC(=S)NCCCN1CCOCC1)/C(C)=N\NC(=S)NCCN1CCOCC1. The van der Waals surface area contributed by atoms with Crippen molar-refractivity contribution in [3.8, 4) is 0 Å². The van der Waals surface area contributed by atoms with Crippen LogP contribution in [0.15, 0.2) is 10.2 Å². The van der Waals surface area contributed by atoms with Crippen molar-refractivity contribution in [1.82, 2.24) is 31.3 Å². The number of nitrogens with one attached hydrogen (secondary N) is 4. The number of hydrogen-bond donors (Lipinski definition) is 4. The predicted molar refractivity (Wildman–Crippen MR) is 133 cm³/mol. The topological polar surface area (TPSA) is 97.8 Å². The Labute approximate surface area is 196 Å². The van der Waals surface area contributed by atoms with Crippen LogP contribution >= 0.6 is 24.4 Å². The molecular formula is C19H36N8O2S2. The first kappa shape index (κ1) is 25.8. The number of ether oxygens (including phenoxy) is 2. The van der Waals surface area contributed by atoms with Gasteiger partial charge in [0.2, 0.25) is 0 Å². The highest BCUT2D eigenvalue weighted by Gasteiger charge is 2.10. The third-order valence-corrected chi connectivity index (χ3v) is 5.50. The highest BCUT2D eigenvalue weighted by atomic mass is 32.1. The van der Waals surface area contributed by atoms with Gasteiger partial charge < -0.3 is 20.1 Å². The van der Waals surface area contributed by atoms with Gasteiger partial charge in [-0.25, -0.2) is 0 Å². The Morgan fingerprint density at radius 2 is 1.19 bits per heavy atom. The third-order valence-electron chi connectivity index (χ3n) is 5.03. The molecule has 0 atom stereocenters. The second-order valence-electron chi connectivity index (χ2n) is 7.39. The van der Waals surface area contributed by atoms with Crippen LogP contribution in [0.25, 0.3) is 0 Å². The Kier molecular flexibility index (Phi) is 12.8. The van der Waals surface area contributed by atoms with Gasteiger partial charge >= 0.3 is 0 Å². The van der Waals surface area contributed by atoms with Crippen LogP contribution < -0.4 is 21.5 Å². The lowest BCUT2D eigenvalue weighted by Crippen LogP contribution is -2.43. The predicted octanol–water partition coefficient (Wildman–Crippen LogP) is -0.279. The Hall–Kier alpha value is -1.44. The molecule has 2 aliphatic rings. The molecule has 2 rings (SSSR count). The lowest BCUT2D eigenvalue weighted by Gasteiger charge is -2.26. The van der Waals surface area contributed by atoms with Crippen molar-refractivity contribution in [3.05, 3.63) is 0 Å². The van der Waals surface area contributed by atoms with Crippen molar-refractivity contribution >= 4 is 46.1 Å². The van der Waals surface area contributed by atoms with Crippen LogP contribution in [-0.2, 0) is 9.47 Å². The highest BCUT2D eigenvalue weighted by molar-refractivity contribution is 7.80. The molecule has 0 bridgehead atoms. The van der Waals surface area contributed by atoms with Crippen LogP contribution in [0.5, 0.6) is 0 Å². The highest BCUT2D eigenvalue weighted by Crippen LogP contribution is 1.97. The number of hydrazone groups is 2. The Morgan fingerprint density at radius 3 is 1.71 bits per heavy atom. The summed E-state index contributed by atoms with van der Waals surface area (Å²) in [4.78, 5) is 4.74. The molecule has 2 fully saturated rings. The van der Waals surface area contributed by atoms with E-state index < -0.39 is 0 Å². The fourth-order valence-electron chi connectivity index (χ4n) is 2.99. The fraction of sp³-hybridized carbons (Fsp3) is 0.789. The average Bonchev–Trinajstić information content (AvgIpc) is 2.80. The van der Waals surface area contributed by atoms with Crippen molar-refractivity contribution in [3.63, 3.8) is 0 Å². The first-order valence-corrected chi connectivity index (χ1v) is 11.6. The molecule has 0 saturated carbocycles. The molecule has 0 radical (unpaired) electrons. The van der Waals surface area contributed by atoms with Gasteiger partial charge in [0.25, 0.3) is 0 Å². The molecule has 2 heterocycles. The number of rotatable bonds is 10. The average molecular weight is 473 g/mol. The Bertz CT molecular complexity index is 620. The first-order chi connectivity index (χ1) is 15.0. The minimum Gasteiger partial charge on any atom is -0.379 e. The van der Waals surface area contributed by atoms with E-state index in [1.54, 1.807) is 0 Å². The molecule has 10 nitrogen and oxygen atoms in total. The molecule has 176 valence electrons. The Balaban J connectivity index is 1.55.